The van der Waals surface area contributed by atoms with E-state index >= 15 is 0 Å². The molecule has 22 heavy (non-hydrogen) atoms. The molecule has 0 spiro atoms. The maximum Gasteiger partial charge on any atom is 0.134 e. The van der Waals surface area contributed by atoms with Gasteiger partial charge in [0.1, 0.15) is 18.0 Å². The molecule has 1 aromatic carbocycles. The predicted octanol–water partition coefficient (Wildman–Crippen LogP) is 3.15. The fourth-order valence-electron chi connectivity index (χ4n) is 2.57. The van der Waals surface area contributed by atoms with Crippen molar-refractivity contribution in [3.8, 4) is 0 Å². The quantitative estimate of drug-likeness (QED) is 0.931. The van der Waals surface area contributed by atoms with Gasteiger partial charge in [0.2, 0.25) is 0 Å². The first kappa shape index (κ1) is 15.2. The van der Waals surface area contributed by atoms with Crippen LogP contribution in [0.4, 0.5) is 17.3 Å². The van der Waals surface area contributed by atoms with E-state index < -0.39 is 0 Å². The lowest BCUT2D eigenvalue weighted by molar-refractivity contribution is 0.647. The van der Waals surface area contributed by atoms with Crippen LogP contribution in [-0.4, -0.2) is 43.2 Å². The average molecular weight is 338 g/mol. The zero-order valence-corrected chi connectivity index (χ0v) is 13.8. The number of hydrogen-bond acceptors (Lipinski definition) is 5. The molecule has 0 unspecified atom stereocenters. The van der Waals surface area contributed by atoms with Gasteiger partial charge in [-0.3, -0.25) is 0 Å². The van der Waals surface area contributed by atoms with E-state index in [9.17, 15) is 0 Å². The molecule has 1 fully saturated rings. The first-order chi connectivity index (χ1) is 10.7. The summed E-state index contributed by atoms with van der Waals surface area (Å²) >= 11 is 12.4. The standard InChI is InChI=1S/C15H17Cl2N5/c1-18-13-9-14(20-10-19-13)22-7-5-21(6-8-22)12-4-2-3-11(16)15(12)17/h2-4,9-10H,5-8H2,1H3,(H,18,19,20). The summed E-state index contributed by atoms with van der Waals surface area (Å²) in [4.78, 5) is 13.0. The maximum atomic E-state index is 6.30. The Morgan fingerprint density at radius 1 is 1.05 bits per heavy atom. The Morgan fingerprint density at radius 2 is 1.77 bits per heavy atom. The summed E-state index contributed by atoms with van der Waals surface area (Å²) in [5, 5.41) is 4.25. The second-order valence-electron chi connectivity index (χ2n) is 5.06. The minimum atomic E-state index is 0.594. The molecule has 2 aromatic rings. The summed E-state index contributed by atoms with van der Waals surface area (Å²) in [6.07, 6.45) is 1.58. The lowest BCUT2D eigenvalue weighted by Crippen LogP contribution is -2.47. The third kappa shape index (κ3) is 3.05. The van der Waals surface area contributed by atoms with Gasteiger partial charge in [0.05, 0.1) is 15.7 Å². The van der Waals surface area contributed by atoms with E-state index in [0.717, 1.165) is 43.5 Å². The van der Waals surface area contributed by atoms with E-state index in [1.54, 1.807) is 6.33 Å². The Labute approximate surface area is 139 Å². The van der Waals surface area contributed by atoms with Crippen LogP contribution in [0.2, 0.25) is 10.0 Å². The van der Waals surface area contributed by atoms with Gasteiger partial charge in [0.15, 0.2) is 0 Å². The van der Waals surface area contributed by atoms with Crippen molar-refractivity contribution in [3.05, 3.63) is 40.6 Å². The molecule has 0 saturated carbocycles. The lowest BCUT2D eigenvalue weighted by atomic mass is 10.2. The summed E-state index contributed by atoms with van der Waals surface area (Å²) in [5.41, 5.74) is 0.993. The zero-order chi connectivity index (χ0) is 15.5. The molecular weight excluding hydrogens is 321 g/mol. The number of nitrogens with zero attached hydrogens (tertiary/aromatic N) is 4. The molecule has 2 heterocycles. The summed E-state index contributed by atoms with van der Waals surface area (Å²) < 4.78 is 0. The van der Waals surface area contributed by atoms with E-state index in [1.165, 1.54) is 0 Å². The van der Waals surface area contributed by atoms with Gasteiger partial charge in [0.25, 0.3) is 0 Å². The molecule has 1 aliphatic heterocycles. The molecule has 1 aliphatic rings. The average Bonchev–Trinajstić information content (AvgIpc) is 2.58. The van der Waals surface area contributed by atoms with Crippen LogP contribution in [0.3, 0.4) is 0 Å². The van der Waals surface area contributed by atoms with Crippen molar-refractivity contribution in [3.63, 3.8) is 0 Å². The Balaban J connectivity index is 1.71. The molecule has 0 radical (unpaired) electrons. The largest absolute Gasteiger partial charge is 0.373 e. The molecule has 3 rings (SSSR count). The van der Waals surface area contributed by atoms with Crippen molar-refractivity contribution in [1.82, 2.24) is 9.97 Å². The van der Waals surface area contributed by atoms with Crippen LogP contribution in [0.25, 0.3) is 0 Å². The van der Waals surface area contributed by atoms with E-state index in [4.69, 9.17) is 23.2 Å². The Bertz CT molecular complexity index is 656. The molecule has 0 bridgehead atoms. The van der Waals surface area contributed by atoms with Gasteiger partial charge in [-0.1, -0.05) is 29.3 Å². The van der Waals surface area contributed by atoms with Gasteiger partial charge < -0.3 is 15.1 Å². The number of aromatic nitrogens is 2. The molecular formula is C15H17Cl2N5. The Hall–Kier alpha value is -1.72. The molecule has 5 nitrogen and oxygen atoms in total. The van der Waals surface area contributed by atoms with Crippen molar-refractivity contribution in [2.24, 2.45) is 0 Å². The van der Waals surface area contributed by atoms with Crippen molar-refractivity contribution >= 4 is 40.5 Å². The summed E-state index contributed by atoms with van der Waals surface area (Å²) in [6.45, 7) is 3.50. The number of halogens is 2. The van der Waals surface area contributed by atoms with E-state index in [-0.39, 0.29) is 0 Å². The smallest absolute Gasteiger partial charge is 0.134 e. The molecule has 116 valence electrons. The second-order valence-corrected chi connectivity index (χ2v) is 5.84. The number of nitrogens with one attached hydrogen (secondary N) is 1. The van der Waals surface area contributed by atoms with E-state index in [0.29, 0.717) is 10.0 Å². The number of hydrogen-bond donors (Lipinski definition) is 1. The fourth-order valence-corrected chi connectivity index (χ4v) is 2.98. The normalized spacial score (nSPS) is 15.0. The molecule has 0 amide bonds. The molecule has 1 saturated heterocycles. The van der Waals surface area contributed by atoms with Crippen LogP contribution in [0, 0.1) is 0 Å². The highest BCUT2D eigenvalue weighted by Crippen LogP contribution is 2.33. The molecule has 7 heteroatoms. The van der Waals surface area contributed by atoms with Crippen molar-refractivity contribution in [1.29, 1.82) is 0 Å². The molecule has 0 atom stereocenters. The number of rotatable bonds is 3. The fraction of sp³-hybridized carbons (Fsp3) is 0.333. The predicted molar refractivity (Wildman–Crippen MR) is 92.5 cm³/mol. The monoisotopic (exact) mass is 337 g/mol. The van der Waals surface area contributed by atoms with Crippen molar-refractivity contribution in [2.45, 2.75) is 0 Å². The number of piperazine rings is 1. The van der Waals surface area contributed by atoms with Crippen LogP contribution in [-0.2, 0) is 0 Å². The minimum Gasteiger partial charge on any atom is -0.373 e. The van der Waals surface area contributed by atoms with Gasteiger partial charge in [-0.15, -0.1) is 0 Å². The lowest BCUT2D eigenvalue weighted by Gasteiger charge is -2.37. The Morgan fingerprint density at radius 3 is 2.50 bits per heavy atom. The van der Waals surface area contributed by atoms with Crippen molar-refractivity contribution in [2.75, 3.05) is 48.3 Å². The van der Waals surface area contributed by atoms with Crippen LogP contribution >= 0.6 is 23.2 Å². The van der Waals surface area contributed by atoms with Crippen LogP contribution in [0.15, 0.2) is 30.6 Å². The zero-order valence-electron chi connectivity index (χ0n) is 12.3. The van der Waals surface area contributed by atoms with Gasteiger partial charge >= 0.3 is 0 Å². The van der Waals surface area contributed by atoms with Gasteiger partial charge in [-0.2, -0.15) is 0 Å². The van der Waals surface area contributed by atoms with Crippen molar-refractivity contribution < 1.29 is 0 Å². The van der Waals surface area contributed by atoms with Gasteiger partial charge in [0, 0.05) is 39.3 Å². The van der Waals surface area contributed by atoms with E-state index in [1.807, 2.05) is 31.3 Å². The van der Waals surface area contributed by atoms with Crippen LogP contribution in [0.1, 0.15) is 0 Å². The second kappa shape index (κ2) is 6.58. The maximum absolute atomic E-state index is 6.30. The van der Waals surface area contributed by atoms with Crippen LogP contribution < -0.4 is 15.1 Å². The number of anilines is 3. The summed E-state index contributed by atoms with van der Waals surface area (Å²) in [6, 6.07) is 7.71. The number of benzene rings is 1. The highest BCUT2D eigenvalue weighted by Gasteiger charge is 2.20. The third-order valence-corrected chi connectivity index (χ3v) is 4.59. The first-order valence-electron chi connectivity index (χ1n) is 7.13. The molecule has 1 N–H and O–H groups in total. The summed E-state index contributed by atoms with van der Waals surface area (Å²) in [5.74, 6) is 1.77. The highest BCUT2D eigenvalue weighted by molar-refractivity contribution is 6.43. The Kier molecular flexibility index (Phi) is 4.55. The first-order valence-corrected chi connectivity index (χ1v) is 7.88. The van der Waals surface area contributed by atoms with Crippen LogP contribution in [0.5, 0.6) is 0 Å². The SMILES string of the molecule is CNc1cc(N2CCN(c3cccc(Cl)c3Cl)CC2)ncn1. The van der Waals surface area contributed by atoms with E-state index in [2.05, 4.69) is 25.1 Å². The highest BCUT2D eigenvalue weighted by atomic mass is 35.5. The molecule has 1 aromatic heterocycles. The van der Waals surface area contributed by atoms with Gasteiger partial charge in [-0.05, 0) is 12.1 Å². The van der Waals surface area contributed by atoms with Gasteiger partial charge in [-0.25, -0.2) is 9.97 Å². The topological polar surface area (TPSA) is 44.3 Å². The third-order valence-electron chi connectivity index (χ3n) is 3.78. The minimum absolute atomic E-state index is 0.594. The summed E-state index contributed by atoms with van der Waals surface area (Å²) in [7, 11) is 1.85. The molecule has 0 aliphatic carbocycles.